The van der Waals surface area contributed by atoms with Gasteiger partial charge in [-0.15, -0.1) is 0 Å². The predicted molar refractivity (Wildman–Crippen MR) is 51.6 cm³/mol. The maximum Gasteiger partial charge on any atom is 0.410 e. The van der Waals surface area contributed by atoms with Crippen molar-refractivity contribution in [2.45, 2.75) is 46.2 Å². The molecule has 0 N–H and O–H groups in total. The fourth-order valence-electron chi connectivity index (χ4n) is 1.70. The van der Waals surface area contributed by atoms with E-state index in [1.54, 1.807) is 0 Å². The zero-order valence-corrected chi connectivity index (χ0v) is 9.13. The third kappa shape index (κ3) is 1.95. The van der Waals surface area contributed by atoms with E-state index in [0.717, 1.165) is 0 Å². The van der Waals surface area contributed by atoms with Crippen LogP contribution in [-0.4, -0.2) is 29.2 Å². The van der Waals surface area contributed by atoms with Gasteiger partial charge in [0.25, 0.3) is 0 Å². The third-order valence-corrected chi connectivity index (χ3v) is 2.40. The van der Waals surface area contributed by atoms with E-state index < -0.39 is 0 Å². The van der Waals surface area contributed by atoms with Crippen molar-refractivity contribution in [2.75, 3.05) is 6.61 Å². The van der Waals surface area contributed by atoms with Crippen molar-refractivity contribution < 1.29 is 9.53 Å². The number of cyclic esters (lactones) is 1. The Hall–Kier alpha value is -0.730. The van der Waals surface area contributed by atoms with Crippen LogP contribution < -0.4 is 0 Å². The molecule has 3 nitrogen and oxygen atoms in total. The summed E-state index contributed by atoms with van der Waals surface area (Å²) in [5.41, 5.74) is -0.136. The van der Waals surface area contributed by atoms with Crippen molar-refractivity contribution in [2.24, 2.45) is 5.92 Å². The van der Waals surface area contributed by atoms with Crippen molar-refractivity contribution in [3.8, 4) is 0 Å². The molecule has 1 aliphatic heterocycles. The first kappa shape index (κ1) is 10.4. The van der Waals surface area contributed by atoms with Crippen LogP contribution in [0.2, 0.25) is 0 Å². The summed E-state index contributed by atoms with van der Waals surface area (Å²) < 4.78 is 5.05. The summed E-state index contributed by atoms with van der Waals surface area (Å²) in [7, 11) is 0. The molecule has 0 saturated carbocycles. The van der Waals surface area contributed by atoms with Crippen LogP contribution in [0.5, 0.6) is 0 Å². The first-order valence-electron chi connectivity index (χ1n) is 4.80. The molecule has 0 aliphatic carbocycles. The maximum atomic E-state index is 11.4. The van der Waals surface area contributed by atoms with Gasteiger partial charge in [0.15, 0.2) is 0 Å². The number of carbonyl (C=O) groups is 1. The highest BCUT2D eigenvalue weighted by atomic mass is 16.6. The number of amides is 1. The summed E-state index contributed by atoms with van der Waals surface area (Å²) in [6.07, 6.45) is -0.175. The Morgan fingerprint density at radius 2 is 2.00 bits per heavy atom. The lowest BCUT2D eigenvalue weighted by molar-refractivity contribution is 0.112. The first-order valence-corrected chi connectivity index (χ1v) is 4.80. The second kappa shape index (κ2) is 3.20. The lowest BCUT2D eigenvalue weighted by Crippen LogP contribution is -2.49. The number of carbonyl (C=O) groups excluding carboxylic acids is 1. The van der Waals surface area contributed by atoms with Crippen LogP contribution in [0.1, 0.15) is 34.6 Å². The minimum Gasteiger partial charge on any atom is -0.447 e. The maximum absolute atomic E-state index is 11.4. The fraction of sp³-hybridized carbons (Fsp3) is 0.900. The SMILES string of the molecule is CC(C)C1COC(=O)N1C(C)(C)C. The van der Waals surface area contributed by atoms with Gasteiger partial charge in [-0.05, 0) is 26.7 Å². The van der Waals surface area contributed by atoms with Gasteiger partial charge in [-0.25, -0.2) is 4.79 Å². The van der Waals surface area contributed by atoms with Crippen molar-refractivity contribution in [3.05, 3.63) is 0 Å². The lowest BCUT2D eigenvalue weighted by atomic mass is 9.98. The highest BCUT2D eigenvalue weighted by molar-refractivity contribution is 5.71. The fourth-order valence-corrected chi connectivity index (χ4v) is 1.70. The van der Waals surface area contributed by atoms with Gasteiger partial charge in [0.1, 0.15) is 6.61 Å². The second-order valence-electron chi connectivity index (χ2n) is 4.93. The topological polar surface area (TPSA) is 29.5 Å². The molecule has 1 unspecified atom stereocenters. The van der Waals surface area contributed by atoms with E-state index in [4.69, 9.17) is 4.74 Å². The molecule has 0 aromatic rings. The Balaban J connectivity index is 2.84. The second-order valence-corrected chi connectivity index (χ2v) is 4.93. The summed E-state index contributed by atoms with van der Waals surface area (Å²) in [5, 5.41) is 0. The molecule has 1 aliphatic rings. The quantitative estimate of drug-likeness (QED) is 0.627. The van der Waals surface area contributed by atoms with E-state index in [-0.39, 0.29) is 17.7 Å². The zero-order chi connectivity index (χ0) is 10.2. The van der Waals surface area contributed by atoms with Crippen molar-refractivity contribution in [3.63, 3.8) is 0 Å². The molecule has 1 atom stereocenters. The number of ether oxygens (including phenoxy) is 1. The predicted octanol–water partition coefficient (Wildman–Crippen LogP) is 2.26. The van der Waals surface area contributed by atoms with Gasteiger partial charge < -0.3 is 4.74 Å². The highest BCUT2D eigenvalue weighted by Crippen LogP contribution is 2.27. The van der Waals surface area contributed by atoms with Crippen molar-refractivity contribution >= 4 is 6.09 Å². The largest absolute Gasteiger partial charge is 0.447 e. The first-order chi connectivity index (χ1) is 5.84. The van der Waals surface area contributed by atoms with Crippen LogP contribution in [-0.2, 0) is 4.74 Å². The number of nitrogens with zero attached hydrogens (tertiary/aromatic N) is 1. The molecule has 1 fully saturated rings. The average molecular weight is 185 g/mol. The van der Waals surface area contributed by atoms with Crippen LogP contribution in [0.15, 0.2) is 0 Å². The van der Waals surface area contributed by atoms with E-state index in [2.05, 4.69) is 13.8 Å². The summed E-state index contributed by atoms with van der Waals surface area (Å²) in [4.78, 5) is 13.3. The van der Waals surface area contributed by atoms with E-state index in [1.165, 1.54) is 0 Å². The van der Waals surface area contributed by atoms with Crippen LogP contribution in [0, 0.1) is 5.92 Å². The molecule has 76 valence electrons. The normalized spacial score (nSPS) is 24.0. The Morgan fingerprint density at radius 1 is 1.46 bits per heavy atom. The molecule has 1 heterocycles. The van der Waals surface area contributed by atoms with E-state index in [1.807, 2.05) is 25.7 Å². The average Bonchev–Trinajstić information content (AvgIpc) is 2.28. The minimum atomic E-state index is -0.175. The molecule has 3 heteroatoms. The van der Waals surface area contributed by atoms with Gasteiger partial charge in [-0.2, -0.15) is 0 Å². The summed E-state index contributed by atoms with van der Waals surface area (Å²) in [6, 6.07) is 0.229. The molecule has 1 rings (SSSR count). The third-order valence-electron chi connectivity index (χ3n) is 2.40. The zero-order valence-electron chi connectivity index (χ0n) is 9.13. The Labute approximate surface area is 80.1 Å². The van der Waals surface area contributed by atoms with Gasteiger partial charge in [-0.3, -0.25) is 4.90 Å². The van der Waals surface area contributed by atoms with Crippen LogP contribution in [0.25, 0.3) is 0 Å². The van der Waals surface area contributed by atoms with E-state index in [9.17, 15) is 4.79 Å². The molecule has 0 aromatic heterocycles. The van der Waals surface area contributed by atoms with Crippen molar-refractivity contribution in [1.29, 1.82) is 0 Å². The molecular formula is C10H19NO2. The Kier molecular flexibility index (Phi) is 2.55. The molecular weight excluding hydrogens is 166 g/mol. The van der Waals surface area contributed by atoms with Gasteiger partial charge >= 0.3 is 6.09 Å². The highest BCUT2D eigenvalue weighted by Gasteiger charge is 2.41. The minimum absolute atomic E-state index is 0.136. The van der Waals surface area contributed by atoms with Crippen molar-refractivity contribution in [1.82, 2.24) is 4.90 Å². The lowest BCUT2D eigenvalue weighted by Gasteiger charge is -2.36. The van der Waals surface area contributed by atoms with Gasteiger partial charge in [0.05, 0.1) is 6.04 Å². The molecule has 13 heavy (non-hydrogen) atoms. The molecule has 0 radical (unpaired) electrons. The standard InChI is InChI=1S/C10H19NO2/c1-7(2)8-6-13-9(12)11(8)10(3,4)5/h7-8H,6H2,1-5H3. The summed E-state index contributed by atoms with van der Waals surface area (Å²) in [6.45, 7) is 10.9. The number of rotatable bonds is 1. The summed E-state index contributed by atoms with van der Waals surface area (Å²) >= 11 is 0. The van der Waals surface area contributed by atoms with Gasteiger partial charge in [0, 0.05) is 5.54 Å². The molecule has 1 saturated heterocycles. The van der Waals surface area contributed by atoms with E-state index in [0.29, 0.717) is 12.5 Å². The molecule has 0 spiro atoms. The summed E-state index contributed by atoms with van der Waals surface area (Å²) in [5.74, 6) is 0.450. The Morgan fingerprint density at radius 3 is 2.31 bits per heavy atom. The molecule has 0 aromatic carbocycles. The van der Waals surface area contributed by atoms with Gasteiger partial charge in [0.2, 0.25) is 0 Å². The molecule has 1 amide bonds. The molecule has 0 bridgehead atoms. The van der Waals surface area contributed by atoms with Crippen LogP contribution in [0.4, 0.5) is 4.79 Å². The smallest absolute Gasteiger partial charge is 0.410 e. The Bertz CT molecular complexity index is 205. The number of hydrogen-bond donors (Lipinski definition) is 0. The monoisotopic (exact) mass is 185 g/mol. The number of hydrogen-bond acceptors (Lipinski definition) is 2. The van der Waals surface area contributed by atoms with E-state index >= 15 is 0 Å². The van der Waals surface area contributed by atoms with Crippen LogP contribution >= 0.6 is 0 Å². The van der Waals surface area contributed by atoms with Gasteiger partial charge in [-0.1, -0.05) is 13.8 Å². The van der Waals surface area contributed by atoms with Crippen LogP contribution in [0.3, 0.4) is 0 Å².